The summed E-state index contributed by atoms with van der Waals surface area (Å²) in [7, 11) is 0. The molecule has 273 valence electrons. The van der Waals surface area contributed by atoms with Crippen LogP contribution in [0.1, 0.15) is 36.1 Å². The van der Waals surface area contributed by atoms with Crippen molar-refractivity contribution in [2.24, 2.45) is 0 Å². The first kappa shape index (κ1) is 36.3. The molecule has 0 aliphatic heterocycles. The summed E-state index contributed by atoms with van der Waals surface area (Å²) in [4.78, 5) is 14.9. The Balaban J connectivity index is 0.000000155. The van der Waals surface area contributed by atoms with Gasteiger partial charge in [-0.05, 0) is 70.3 Å². The summed E-state index contributed by atoms with van der Waals surface area (Å²) in [5, 5.41) is 4.75. The van der Waals surface area contributed by atoms with E-state index in [1.54, 1.807) is 11.3 Å². The van der Waals surface area contributed by atoms with Gasteiger partial charge in [-0.25, -0.2) is 0 Å². The quantitative estimate of drug-likeness (QED) is 0.166. The molecule has 3 nitrogen and oxygen atoms in total. The third kappa shape index (κ3) is 6.00. The van der Waals surface area contributed by atoms with Crippen LogP contribution in [0.4, 0.5) is 0 Å². The molecule has 11 rings (SSSR count). The zero-order valence-corrected chi connectivity index (χ0v) is 35.3. The Morgan fingerprint density at radius 3 is 2.07 bits per heavy atom. The van der Waals surface area contributed by atoms with Gasteiger partial charge in [-0.15, -0.1) is 47.5 Å². The van der Waals surface area contributed by atoms with Crippen molar-refractivity contribution in [3.63, 3.8) is 0 Å². The number of aryl methyl sites for hydroxylation is 2. The molecular formula is C50H35IrN3S2-2. The van der Waals surface area contributed by atoms with Crippen LogP contribution in [0.25, 0.3) is 85.6 Å². The van der Waals surface area contributed by atoms with Crippen LogP contribution in [0.2, 0.25) is 0 Å². The minimum absolute atomic E-state index is 0. The van der Waals surface area contributed by atoms with Gasteiger partial charge in [-0.1, -0.05) is 127 Å². The normalized spacial score (nSPS) is 12.6. The average Bonchev–Trinajstić information content (AvgIpc) is 3.88. The van der Waals surface area contributed by atoms with Gasteiger partial charge in [0.2, 0.25) is 0 Å². The third-order valence-corrected chi connectivity index (χ3v) is 13.2. The van der Waals surface area contributed by atoms with Crippen molar-refractivity contribution in [2.75, 3.05) is 0 Å². The number of rotatable bonds is 3. The predicted molar refractivity (Wildman–Crippen MR) is 233 cm³/mol. The topological polar surface area (TPSA) is 38.7 Å². The van der Waals surface area contributed by atoms with Crippen LogP contribution in [0.3, 0.4) is 0 Å². The minimum atomic E-state index is -0.0674. The molecule has 0 atom stereocenters. The number of benzene rings is 7. The van der Waals surface area contributed by atoms with Gasteiger partial charge in [0.1, 0.15) is 0 Å². The van der Waals surface area contributed by atoms with Gasteiger partial charge < -0.3 is 0 Å². The summed E-state index contributed by atoms with van der Waals surface area (Å²) >= 11 is 3.57. The summed E-state index contributed by atoms with van der Waals surface area (Å²) in [5.74, 6) is 0.723. The zero-order valence-electron chi connectivity index (χ0n) is 31.3. The van der Waals surface area contributed by atoms with Crippen LogP contribution < -0.4 is 0 Å². The van der Waals surface area contributed by atoms with E-state index in [1.165, 1.54) is 63.8 Å². The molecule has 0 spiro atoms. The van der Waals surface area contributed by atoms with Gasteiger partial charge in [0.15, 0.2) is 0 Å². The molecule has 6 heteroatoms. The molecule has 0 saturated heterocycles. The van der Waals surface area contributed by atoms with E-state index >= 15 is 0 Å². The second kappa shape index (κ2) is 14.3. The van der Waals surface area contributed by atoms with Gasteiger partial charge in [-0.2, -0.15) is 22.7 Å². The SMILES string of the molecule is Cc1cccc(C)c1-c1nc(-c2[c-]cc3c(c2)C(C)(C)c2ccccc2-3)nc2ccccc12.[Ir].[c-]1ccc2c(sc3ccccc32)c1-c1nc2ccccc2s1. The summed E-state index contributed by atoms with van der Waals surface area (Å²) in [5.41, 5.74) is 13.9. The molecule has 1 radical (unpaired) electrons. The van der Waals surface area contributed by atoms with E-state index in [9.17, 15) is 0 Å². The molecule has 1 aliphatic rings. The molecular weight excluding hydrogens is 899 g/mol. The van der Waals surface area contributed by atoms with E-state index in [0.29, 0.717) is 0 Å². The molecule has 0 N–H and O–H groups in total. The third-order valence-electron chi connectivity index (χ3n) is 10.9. The van der Waals surface area contributed by atoms with Gasteiger partial charge in [-0.3, -0.25) is 15.0 Å². The first-order valence-electron chi connectivity index (χ1n) is 18.5. The maximum atomic E-state index is 5.14. The largest absolute Gasteiger partial charge is 0.285 e. The summed E-state index contributed by atoms with van der Waals surface area (Å²) in [6.45, 7) is 8.90. The molecule has 0 fully saturated rings. The van der Waals surface area contributed by atoms with Crippen LogP contribution in [0, 0.1) is 26.0 Å². The van der Waals surface area contributed by atoms with Crippen molar-refractivity contribution in [3.8, 4) is 44.3 Å². The van der Waals surface area contributed by atoms with E-state index in [1.807, 2.05) is 29.5 Å². The van der Waals surface area contributed by atoms with E-state index in [0.717, 1.165) is 44.1 Å². The van der Waals surface area contributed by atoms with Gasteiger partial charge in [0, 0.05) is 45.5 Å². The van der Waals surface area contributed by atoms with E-state index < -0.39 is 0 Å². The number of nitrogens with zero attached hydrogens (tertiary/aromatic N) is 3. The van der Waals surface area contributed by atoms with Crippen LogP contribution in [-0.2, 0) is 25.5 Å². The van der Waals surface area contributed by atoms with Crippen LogP contribution in [0.5, 0.6) is 0 Å². The van der Waals surface area contributed by atoms with Gasteiger partial charge >= 0.3 is 0 Å². The second-order valence-electron chi connectivity index (χ2n) is 14.7. The van der Waals surface area contributed by atoms with E-state index in [-0.39, 0.29) is 25.5 Å². The molecule has 0 bridgehead atoms. The van der Waals surface area contributed by atoms with Crippen molar-refractivity contribution in [3.05, 3.63) is 174 Å². The average molecular weight is 934 g/mol. The van der Waals surface area contributed by atoms with Crippen LogP contribution in [0.15, 0.2) is 140 Å². The monoisotopic (exact) mass is 934 g/mol. The number of thiophene rings is 1. The van der Waals surface area contributed by atoms with Crippen LogP contribution in [-0.4, -0.2) is 15.0 Å². The number of hydrogen-bond acceptors (Lipinski definition) is 5. The van der Waals surface area contributed by atoms with E-state index in [4.69, 9.17) is 15.0 Å². The summed E-state index contributed by atoms with van der Waals surface area (Å²) in [6, 6.07) is 55.7. The first-order valence-corrected chi connectivity index (χ1v) is 20.2. The fraction of sp³-hybridized carbons (Fsp3) is 0.100. The Labute approximate surface area is 348 Å². The maximum absolute atomic E-state index is 5.14. The minimum Gasteiger partial charge on any atom is -0.285 e. The Bertz CT molecular complexity index is 3070. The summed E-state index contributed by atoms with van der Waals surface area (Å²) < 4.78 is 3.83. The smallest absolute Gasteiger partial charge is 0.0763 e. The predicted octanol–water partition coefficient (Wildman–Crippen LogP) is 13.8. The molecule has 1 aliphatic carbocycles. The van der Waals surface area contributed by atoms with Crippen molar-refractivity contribution in [1.29, 1.82) is 0 Å². The molecule has 7 aromatic carbocycles. The summed E-state index contributed by atoms with van der Waals surface area (Å²) in [6.07, 6.45) is 0. The molecule has 0 unspecified atom stereocenters. The first-order chi connectivity index (χ1) is 26.8. The maximum Gasteiger partial charge on any atom is 0.0763 e. The Morgan fingerprint density at radius 2 is 1.27 bits per heavy atom. The second-order valence-corrected chi connectivity index (χ2v) is 16.8. The fourth-order valence-corrected chi connectivity index (χ4v) is 10.4. The molecule has 0 amide bonds. The Kier molecular flexibility index (Phi) is 9.26. The molecule has 0 saturated carbocycles. The molecule has 3 aromatic heterocycles. The van der Waals surface area contributed by atoms with Crippen molar-refractivity contribution < 1.29 is 20.1 Å². The van der Waals surface area contributed by atoms with Gasteiger partial charge in [0.05, 0.1) is 22.6 Å². The Morgan fingerprint density at radius 1 is 0.571 bits per heavy atom. The molecule has 56 heavy (non-hydrogen) atoms. The number of fused-ring (bicyclic) bond motifs is 8. The number of hydrogen-bond donors (Lipinski definition) is 0. The number of thiazole rings is 1. The van der Waals surface area contributed by atoms with Gasteiger partial charge in [0.25, 0.3) is 0 Å². The number of aromatic nitrogens is 3. The van der Waals surface area contributed by atoms with Crippen molar-refractivity contribution in [2.45, 2.75) is 33.1 Å². The van der Waals surface area contributed by atoms with Crippen LogP contribution >= 0.6 is 22.7 Å². The number of para-hydroxylation sites is 2. The Hall–Kier alpha value is -5.36. The standard InChI is InChI=1S/C31H25N2.C19H10NS2.Ir/c1-19-10-9-11-20(2)28(19)29-24-13-6-8-15-27(24)32-30(33-29)21-16-17-23-22-12-5-7-14-25(22)31(3,4)26(23)18-21;1-3-10-16-12(6-1)13-7-5-8-14(18(13)21-16)19-20-15-9-2-4-11-17(15)22-19;/h5-15,17-18H,1-4H3;1-7,9-11H;/q2*-1;. The van der Waals surface area contributed by atoms with Crippen molar-refractivity contribution in [1.82, 2.24) is 15.0 Å². The zero-order chi connectivity index (χ0) is 37.3. The van der Waals surface area contributed by atoms with E-state index in [2.05, 4.69) is 161 Å². The fourth-order valence-electron chi connectivity index (χ4n) is 8.17. The molecule has 10 aromatic rings. The molecule has 3 heterocycles. The van der Waals surface area contributed by atoms with Crippen molar-refractivity contribution >= 4 is 64.0 Å².